The van der Waals surface area contributed by atoms with Gasteiger partial charge in [0, 0.05) is 68.2 Å². The maximum absolute atomic E-state index is 12.9. The van der Waals surface area contributed by atoms with Crippen LogP contribution in [0.4, 0.5) is 27.5 Å². The summed E-state index contributed by atoms with van der Waals surface area (Å²) in [4.78, 5) is 38.3. The van der Waals surface area contributed by atoms with Crippen LogP contribution in [0, 0.1) is 6.57 Å². The number of anilines is 3. The lowest BCUT2D eigenvalue weighted by Gasteiger charge is -2.34. The van der Waals surface area contributed by atoms with Crippen molar-refractivity contribution in [2.45, 2.75) is 0 Å². The Morgan fingerprint density at radius 2 is 1.45 bits per heavy atom. The van der Waals surface area contributed by atoms with E-state index in [-0.39, 0.29) is 11.9 Å². The van der Waals surface area contributed by atoms with E-state index in [0.29, 0.717) is 43.1 Å². The highest BCUT2D eigenvalue weighted by Gasteiger charge is 2.25. The van der Waals surface area contributed by atoms with Crippen LogP contribution in [0.1, 0.15) is 10.4 Å². The molecule has 0 bridgehead atoms. The van der Waals surface area contributed by atoms with Crippen LogP contribution in [0.5, 0.6) is 0 Å². The molecule has 166 valence electrons. The second-order valence-corrected chi connectivity index (χ2v) is 7.68. The third-order valence-electron chi connectivity index (χ3n) is 5.65. The van der Waals surface area contributed by atoms with Gasteiger partial charge in [0.25, 0.3) is 5.91 Å². The zero-order chi connectivity index (χ0) is 23.2. The quantitative estimate of drug-likeness (QED) is 0.611. The van der Waals surface area contributed by atoms with E-state index in [1.165, 1.54) is 0 Å². The van der Waals surface area contributed by atoms with Crippen LogP contribution in [-0.2, 0) is 0 Å². The number of nitrogens with one attached hydrogen (secondary N) is 1. The van der Waals surface area contributed by atoms with E-state index in [9.17, 15) is 9.59 Å². The first-order chi connectivity index (χ1) is 16.0. The number of urea groups is 1. The fourth-order valence-electron chi connectivity index (χ4n) is 3.66. The summed E-state index contributed by atoms with van der Waals surface area (Å²) in [6.45, 7) is 8.86. The number of carbonyl (C=O) groups is 2. The minimum Gasteiger partial charge on any atom is -0.345 e. The zero-order valence-corrected chi connectivity index (χ0v) is 18.3. The number of benzene rings is 2. The summed E-state index contributed by atoms with van der Waals surface area (Å²) >= 11 is 0. The average Bonchev–Trinajstić information content (AvgIpc) is 2.89. The molecule has 1 fully saturated rings. The lowest BCUT2D eigenvalue weighted by molar-refractivity contribution is 0.0671. The van der Waals surface area contributed by atoms with E-state index in [1.807, 2.05) is 48.3 Å². The minimum atomic E-state index is -0.207. The third kappa shape index (κ3) is 5.10. The highest BCUT2D eigenvalue weighted by atomic mass is 16.2. The normalized spacial score (nSPS) is 13.2. The number of rotatable bonds is 4. The molecule has 1 aliphatic heterocycles. The summed E-state index contributed by atoms with van der Waals surface area (Å²) in [5.41, 5.74) is 3.78. The van der Waals surface area contributed by atoms with Gasteiger partial charge in [-0.05, 0) is 48.5 Å². The summed E-state index contributed by atoms with van der Waals surface area (Å²) < 4.78 is 0. The van der Waals surface area contributed by atoms with Crippen molar-refractivity contribution in [2.24, 2.45) is 0 Å². The van der Waals surface area contributed by atoms with E-state index in [1.54, 1.807) is 46.5 Å². The molecule has 3 amide bonds. The molecule has 4 rings (SSSR count). The number of amides is 3. The van der Waals surface area contributed by atoms with Gasteiger partial charge in [-0.15, -0.1) is 0 Å². The average molecular weight is 441 g/mol. The molecule has 1 aromatic heterocycles. The number of aromatic nitrogens is 1. The van der Waals surface area contributed by atoms with E-state index in [0.717, 1.165) is 11.4 Å². The first-order valence-electron chi connectivity index (χ1n) is 10.6. The first-order valence-corrected chi connectivity index (χ1v) is 10.6. The van der Waals surface area contributed by atoms with Crippen molar-refractivity contribution in [1.82, 2.24) is 14.8 Å². The molecule has 1 saturated heterocycles. The van der Waals surface area contributed by atoms with E-state index < -0.39 is 0 Å². The molecular weight excluding hydrogens is 416 g/mol. The molecular formula is C25H24N6O2. The van der Waals surface area contributed by atoms with Crippen molar-refractivity contribution < 1.29 is 9.59 Å². The minimum absolute atomic E-state index is 0.0390. The third-order valence-corrected chi connectivity index (χ3v) is 5.65. The Hall–Kier alpha value is -4.38. The Morgan fingerprint density at radius 3 is 2.06 bits per heavy atom. The number of nitrogens with zero attached hydrogens (tertiary/aromatic N) is 5. The Bertz CT molecular complexity index is 1150. The van der Waals surface area contributed by atoms with E-state index in [2.05, 4.69) is 15.1 Å². The SMILES string of the molecule is [C-]#[N+]c1ccc(NC(=O)N2CCN(C(=O)c3ccc(N(C)c4ccncc4)cc3)CC2)cc1. The van der Waals surface area contributed by atoms with Crippen LogP contribution in [-0.4, -0.2) is 59.9 Å². The van der Waals surface area contributed by atoms with Crippen LogP contribution in [0.25, 0.3) is 4.85 Å². The van der Waals surface area contributed by atoms with Crippen molar-refractivity contribution in [3.63, 3.8) is 0 Å². The molecule has 33 heavy (non-hydrogen) atoms. The van der Waals surface area contributed by atoms with Crippen LogP contribution in [0.15, 0.2) is 73.1 Å². The standard InChI is InChI=1S/C25H24N6O2/c1-26-20-5-7-21(8-6-20)28-25(33)31-17-15-30(16-18-31)24(32)19-3-9-22(10-4-19)29(2)23-11-13-27-14-12-23/h3-14H,15-18H2,2H3,(H,28,33). The van der Waals surface area contributed by atoms with Crippen molar-refractivity contribution >= 4 is 34.7 Å². The van der Waals surface area contributed by atoms with E-state index >= 15 is 0 Å². The molecule has 0 saturated carbocycles. The molecule has 0 unspecified atom stereocenters. The topological polar surface area (TPSA) is 73.1 Å². The largest absolute Gasteiger partial charge is 0.345 e. The summed E-state index contributed by atoms with van der Waals surface area (Å²) in [5, 5.41) is 2.84. The van der Waals surface area contributed by atoms with Crippen LogP contribution in [0.3, 0.4) is 0 Å². The summed E-state index contributed by atoms with van der Waals surface area (Å²) in [6.07, 6.45) is 3.49. The van der Waals surface area contributed by atoms with Crippen LogP contribution < -0.4 is 10.2 Å². The molecule has 1 aliphatic rings. The molecule has 8 nitrogen and oxygen atoms in total. The lowest BCUT2D eigenvalue weighted by atomic mass is 10.1. The van der Waals surface area contributed by atoms with Gasteiger partial charge in [0.1, 0.15) is 0 Å². The van der Waals surface area contributed by atoms with Gasteiger partial charge in [0.15, 0.2) is 5.69 Å². The number of pyridine rings is 1. The smallest absolute Gasteiger partial charge is 0.321 e. The number of hydrogen-bond acceptors (Lipinski definition) is 4. The summed E-state index contributed by atoms with van der Waals surface area (Å²) in [7, 11) is 1.97. The highest BCUT2D eigenvalue weighted by molar-refractivity contribution is 5.95. The molecule has 0 aliphatic carbocycles. The molecule has 2 aromatic carbocycles. The Balaban J connectivity index is 1.31. The maximum Gasteiger partial charge on any atom is 0.321 e. The van der Waals surface area contributed by atoms with Crippen LogP contribution in [0.2, 0.25) is 0 Å². The predicted molar refractivity (Wildman–Crippen MR) is 128 cm³/mol. The van der Waals surface area contributed by atoms with Crippen molar-refractivity contribution in [1.29, 1.82) is 0 Å². The Labute approximate surface area is 192 Å². The van der Waals surface area contributed by atoms with Gasteiger partial charge in [-0.25, -0.2) is 9.64 Å². The second kappa shape index (κ2) is 9.83. The fourth-order valence-corrected chi connectivity index (χ4v) is 3.66. The molecule has 0 spiro atoms. The predicted octanol–water partition coefficient (Wildman–Crippen LogP) is 4.39. The molecule has 0 radical (unpaired) electrons. The van der Waals surface area contributed by atoms with Gasteiger partial charge >= 0.3 is 6.03 Å². The zero-order valence-electron chi connectivity index (χ0n) is 18.3. The van der Waals surface area contributed by atoms with Gasteiger partial charge in [0.05, 0.1) is 6.57 Å². The fraction of sp³-hybridized carbons (Fsp3) is 0.200. The van der Waals surface area contributed by atoms with Gasteiger partial charge in [0.2, 0.25) is 0 Å². The lowest BCUT2D eigenvalue weighted by Crippen LogP contribution is -2.51. The summed E-state index contributed by atoms with van der Waals surface area (Å²) in [5.74, 6) is -0.0390. The number of hydrogen-bond donors (Lipinski definition) is 1. The molecule has 3 aromatic rings. The van der Waals surface area contributed by atoms with Gasteiger partial charge in [-0.1, -0.05) is 12.1 Å². The molecule has 0 atom stereocenters. The van der Waals surface area contributed by atoms with Crippen molar-refractivity contribution in [3.05, 3.63) is 90.0 Å². The maximum atomic E-state index is 12.9. The highest BCUT2D eigenvalue weighted by Crippen LogP contribution is 2.23. The second-order valence-electron chi connectivity index (χ2n) is 7.68. The molecule has 2 heterocycles. The first kappa shape index (κ1) is 21.8. The van der Waals surface area contributed by atoms with Gasteiger partial charge < -0.3 is 20.0 Å². The molecule has 1 N–H and O–H groups in total. The number of piperazine rings is 1. The van der Waals surface area contributed by atoms with E-state index in [4.69, 9.17) is 6.57 Å². The van der Waals surface area contributed by atoms with Gasteiger partial charge in [-0.2, -0.15) is 0 Å². The monoisotopic (exact) mass is 440 g/mol. The van der Waals surface area contributed by atoms with Crippen molar-refractivity contribution in [2.75, 3.05) is 43.4 Å². The molecule has 8 heteroatoms. The van der Waals surface area contributed by atoms with Crippen molar-refractivity contribution in [3.8, 4) is 0 Å². The van der Waals surface area contributed by atoms with Crippen LogP contribution >= 0.6 is 0 Å². The van der Waals surface area contributed by atoms with Gasteiger partial charge in [-0.3, -0.25) is 9.78 Å². The summed E-state index contributed by atoms with van der Waals surface area (Å²) in [6, 6.07) is 17.9. The Kier molecular flexibility index (Phi) is 6.51. The number of carbonyl (C=O) groups excluding carboxylic acids is 2. The Morgan fingerprint density at radius 1 is 0.879 bits per heavy atom.